The summed E-state index contributed by atoms with van der Waals surface area (Å²) in [4.78, 5) is 2.70. The van der Waals surface area contributed by atoms with Crippen molar-refractivity contribution < 1.29 is 0 Å². The average Bonchev–Trinajstić information content (AvgIpc) is 2.60. The Morgan fingerprint density at radius 2 is 2.00 bits per heavy atom. The van der Waals surface area contributed by atoms with Crippen molar-refractivity contribution in [3.8, 4) is 0 Å². The van der Waals surface area contributed by atoms with Crippen LogP contribution in [0.2, 0.25) is 0 Å². The highest BCUT2D eigenvalue weighted by Crippen LogP contribution is 2.27. The molecular formula is C11H24Cl2N2. The van der Waals surface area contributed by atoms with Crippen LogP contribution < -0.4 is 5.32 Å². The lowest BCUT2D eigenvalue weighted by Gasteiger charge is -2.23. The Morgan fingerprint density at radius 3 is 2.67 bits per heavy atom. The molecule has 2 fully saturated rings. The van der Waals surface area contributed by atoms with Gasteiger partial charge in [-0.2, -0.15) is 0 Å². The van der Waals surface area contributed by atoms with Gasteiger partial charge in [-0.15, -0.1) is 24.8 Å². The molecule has 0 radical (unpaired) electrons. The van der Waals surface area contributed by atoms with E-state index >= 15 is 0 Å². The van der Waals surface area contributed by atoms with Gasteiger partial charge in [0, 0.05) is 12.6 Å². The van der Waals surface area contributed by atoms with Gasteiger partial charge in [0.25, 0.3) is 0 Å². The van der Waals surface area contributed by atoms with E-state index in [1.165, 1.54) is 39.0 Å². The fourth-order valence-corrected chi connectivity index (χ4v) is 2.64. The second-order valence-corrected chi connectivity index (χ2v) is 4.99. The molecule has 2 heterocycles. The standard InChI is InChI=1S/C11H22N2.2ClH/c1-9(2)3-5-13-6-4-10-7-12-8-11(10)13;;/h9-12H,3-8H2,1-2H3;2*1H/t10-,11+;;/m0../s1. The molecule has 2 aliphatic heterocycles. The molecule has 2 nitrogen and oxygen atoms in total. The summed E-state index contributed by atoms with van der Waals surface area (Å²) in [7, 11) is 0. The van der Waals surface area contributed by atoms with Crippen molar-refractivity contribution in [2.75, 3.05) is 26.2 Å². The molecule has 0 saturated carbocycles. The predicted molar refractivity (Wildman–Crippen MR) is 70.3 cm³/mol. The molecule has 4 heteroatoms. The van der Waals surface area contributed by atoms with Gasteiger partial charge < -0.3 is 5.32 Å². The lowest BCUT2D eigenvalue weighted by Crippen LogP contribution is -2.35. The van der Waals surface area contributed by atoms with Gasteiger partial charge in [-0.1, -0.05) is 13.8 Å². The van der Waals surface area contributed by atoms with E-state index in [-0.39, 0.29) is 24.8 Å². The molecular weight excluding hydrogens is 231 g/mol. The molecule has 0 aromatic carbocycles. The number of likely N-dealkylation sites (tertiary alicyclic amines) is 1. The first-order valence-electron chi connectivity index (χ1n) is 5.72. The van der Waals surface area contributed by atoms with Crippen molar-refractivity contribution >= 4 is 24.8 Å². The highest BCUT2D eigenvalue weighted by atomic mass is 35.5. The first-order chi connectivity index (χ1) is 6.27. The second kappa shape index (κ2) is 6.95. The Balaban J connectivity index is 0.000000980. The number of hydrogen-bond acceptors (Lipinski definition) is 2. The normalized spacial score (nSPS) is 29.8. The van der Waals surface area contributed by atoms with Crippen molar-refractivity contribution in [3.05, 3.63) is 0 Å². The molecule has 0 bridgehead atoms. The number of hydrogen-bond donors (Lipinski definition) is 1. The Labute approximate surface area is 106 Å². The number of nitrogens with one attached hydrogen (secondary N) is 1. The minimum atomic E-state index is 0. The molecule has 0 aromatic rings. The summed E-state index contributed by atoms with van der Waals surface area (Å²) in [6, 6.07) is 0.874. The molecule has 2 atom stereocenters. The van der Waals surface area contributed by atoms with Gasteiger partial charge in [-0.05, 0) is 44.3 Å². The van der Waals surface area contributed by atoms with E-state index in [4.69, 9.17) is 0 Å². The monoisotopic (exact) mass is 254 g/mol. The largest absolute Gasteiger partial charge is 0.315 e. The van der Waals surface area contributed by atoms with Crippen molar-refractivity contribution in [1.82, 2.24) is 10.2 Å². The maximum atomic E-state index is 3.50. The maximum Gasteiger partial charge on any atom is 0.0261 e. The van der Waals surface area contributed by atoms with Crippen LogP contribution in [0.25, 0.3) is 0 Å². The molecule has 92 valence electrons. The van der Waals surface area contributed by atoms with Crippen molar-refractivity contribution in [1.29, 1.82) is 0 Å². The minimum Gasteiger partial charge on any atom is -0.315 e. The maximum absolute atomic E-state index is 3.50. The van der Waals surface area contributed by atoms with Crippen molar-refractivity contribution in [3.63, 3.8) is 0 Å². The third kappa shape index (κ3) is 3.77. The molecule has 0 aromatic heterocycles. The molecule has 2 saturated heterocycles. The molecule has 0 spiro atoms. The van der Waals surface area contributed by atoms with Crippen LogP contribution in [0.3, 0.4) is 0 Å². The zero-order valence-electron chi connectivity index (χ0n) is 9.74. The van der Waals surface area contributed by atoms with Gasteiger partial charge in [0.15, 0.2) is 0 Å². The van der Waals surface area contributed by atoms with Crippen molar-refractivity contribution in [2.45, 2.75) is 32.7 Å². The van der Waals surface area contributed by atoms with Gasteiger partial charge in [0.2, 0.25) is 0 Å². The van der Waals surface area contributed by atoms with E-state index in [0.29, 0.717) is 0 Å². The zero-order chi connectivity index (χ0) is 9.26. The summed E-state index contributed by atoms with van der Waals surface area (Å²) in [5.74, 6) is 1.82. The quantitative estimate of drug-likeness (QED) is 0.831. The Hall–Kier alpha value is 0.500. The third-order valence-corrected chi connectivity index (χ3v) is 3.55. The van der Waals surface area contributed by atoms with Gasteiger partial charge in [-0.25, -0.2) is 0 Å². The molecule has 15 heavy (non-hydrogen) atoms. The summed E-state index contributed by atoms with van der Waals surface area (Å²) >= 11 is 0. The average molecular weight is 255 g/mol. The van der Waals surface area contributed by atoms with E-state index in [2.05, 4.69) is 24.1 Å². The lowest BCUT2D eigenvalue weighted by molar-refractivity contribution is 0.238. The van der Waals surface area contributed by atoms with Crippen LogP contribution in [0.1, 0.15) is 26.7 Å². The molecule has 1 N–H and O–H groups in total. The first-order valence-corrected chi connectivity index (χ1v) is 5.72. The van der Waals surface area contributed by atoms with Crippen LogP contribution in [0.5, 0.6) is 0 Å². The number of rotatable bonds is 3. The van der Waals surface area contributed by atoms with Gasteiger partial charge in [-0.3, -0.25) is 4.90 Å². The number of nitrogens with zero attached hydrogens (tertiary/aromatic N) is 1. The Kier molecular flexibility index (Phi) is 7.18. The number of fused-ring (bicyclic) bond motifs is 1. The second-order valence-electron chi connectivity index (χ2n) is 4.99. The van der Waals surface area contributed by atoms with Crippen LogP contribution >= 0.6 is 24.8 Å². The highest BCUT2D eigenvalue weighted by Gasteiger charge is 2.36. The van der Waals surface area contributed by atoms with Gasteiger partial charge >= 0.3 is 0 Å². The molecule has 0 amide bonds. The van der Waals surface area contributed by atoms with Crippen LogP contribution in [0.4, 0.5) is 0 Å². The third-order valence-electron chi connectivity index (χ3n) is 3.55. The van der Waals surface area contributed by atoms with Gasteiger partial charge in [0.1, 0.15) is 0 Å². The summed E-state index contributed by atoms with van der Waals surface area (Å²) in [5.41, 5.74) is 0. The van der Waals surface area contributed by atoms with E-state index in [0.717, 1.165) is 17.9 Å². The van der Waals surface area contributed by atoms with Gasteiger partial charge in [0.05, 0.1) is 0 Å². The lowest BCUT2D eigenvalue weighted by atomic mass is 10.0. The summed E-state index contributed by atoms with van der Waals surface area (Å²) in [5, 5.41) is 3.50. The zero-order valence-corrected chi connectivity index (χ0v) is 11.4. The fraction of sp³-hybridized carbons (Fsp3) is 1.00. The summed E-state index contributed by atoms with van der Waals surface area (Å²) in [6.07, 6.45) is 2.79. The smallest absolute Gasteiger partial charge is 0.0261 e. The topological polar surface area (TPSA) is 15.3 Å². The molecule has 0 unspecified atom stereocenters. The van der Waals surface area contributed by atoms with Crippen LogP contribution in [-0.4, -0.2) is 37.1 Å². The first kappa shape index (κ1) is 15.5. The van der Waals surface area contributed by atoms with E-state index in [1.54, 1.807) is 0 Å². The Morgan fingerprint density at radius 1 is 1.27 bits per heavy atom. The molecule has 2 rings (SSSR count). The minimum absolute atomic E-state index is 0. The predicted octanol–water partition coefficient (Wildman–Crippen LogP) is 2.17. The van der Waals surface area contributed by atoms with Crippen LogP contribution in [0.15, 0.2) is 0 Å². The SMILES string of the molecule is CC(C)CCN1CC[C@H]2CNC[C@H]21.Cl.Cl. The van der Waals surface area contributed by atoms with E-state index in [1.807, 2.05) is 0 Å². The molecule has 2 aliphatic rings. The molecule has 0 aliphatic carbocycles. The highest BCUT2D eigenvalue weighted by molar-refractivity contribution is 5.85. The van der Waals surface area contributed by atoms with E-state index < -0.39 is 0 Å². The van der Waals surface area contributed by atoms with E-state index in [9.17, 15) is 0 Å². The Bertz CT molecular complexity index is 176. The number of halogens is 2. The fourth-order valence-electron chi connectivity index (χ4n) is 2.64. The summed E-state index contributed by atoms with van der Waals surface area (Å²) < 4.78 is 0. The van der Waals surface area contributed by atoms with Crippen LogP contribution in [0, 0.1) is 11.8 Å². The van der Waals surface area contributed by atoms with Crippen molar-refractivity contribution in [2.24, 2.45) is 11.8 Å². The van der Waals surface area contributed by atoms with Crippen LogP contribution in [-0.2, 0) is 0 Å². The summed E-state index contributed by atoms with van der Waals surface area (Å²) in [6.45, 7) is 9.82.